The molecule has 0 saturated heterocycles. The summed E-state index contributed by atoms with van der Waals surface area (Å²) in [5.74, 6) is -1.12. The first-order valence-corrected chi connectivity index (χ1v) is 5.12. The van der Waals surface area contributed by atoms with Crippen LogP contribution in [0.4, 0.5) is 14.5 Å². The average molecular weight is 235 g/mol. The normalized spacial score (nSPS) is 10.2. The van der Waals surface area contributed by atoms with E-state index in [1.165, 1.54) is 12.1 Å². The number of anilines is 1. The molecule has 2 rings (SSSR count). The highest BCUT2D eigenvalue weighted by atomic mass is 19.1. The number of halogens is 2. The van der Waals surface area contributed by atoms with Gasteiger partial charge in [0, 0.05) is 23.9 Å². The SMILES string of the molecule is Oc1ccccc1CNc1cc(F)cc(F)c1. The van der Waals surface area contributed by atoms with Gasteiger partial charge in [-0.15, -0.1) is 0 Å². The summed E-state index contributed by atoms with van der Waals surface area (Å²) in [7, 11) is 0. The Morgan fingerprint density at radius 1 is 1.00 bits per heavy atom. The highest BCUT2D eigenvalue weighted by Gasteiger charge is 2.02. The summed E-state index contributed by atoms with van der Waals surface area (Å²) >= 11 is 0. The van der Waals surface area contributed by atoms with Crippen LogP contribution < -0.4 is 5.32 Å². The van der Waals surface area contributed by atoms with E-state index in [9.17, 15) is 13.9 Å². The lowest BCUT2D eigenvalue weighted by Gasteiger charge is -2.08. The first-order chi connectivity index (χ1) is 8.15. The molecule has 0 bridgehead atoms. The van der Waals surface area contributed by atoms with Crippen LogP contribution in [0.25, 0.3) is 0 Å². The molecule has 2 aromatic carbocycles. The Labute approximate surface area is 97.5 Å². The molecular formula is C13H11F2NO. The van der Waals surface area contributed by atoms with E-state index >= 15 is 0 Å². The van der Waals surface area contributed by atoms with Crippen molar-refractivity contribution in [3.05, 3.63) is 59.7 Å². The largest absolute Gasteiger partial charge is 0.508 e. The smallest absolute Gasteiger partial charge is 0.128 e. The number of phenols is 1. The lowest BCUT2D eigenvalue weighted by Crippen LogP contribution is -2.00. The zero-order valence-corrected chi connectivity index (χ0v) is 8.95. The molecular weight excluding hydrogens is 224 g/mol. The standard InChI is InChI=1S/C13H11F2NO/c14-10-5-11(15)7-12(6-10)16-8-9-3-1-2-4-13(9)17/h1-7,16-17H,8H2. The molecule has 0 atom stereocenters. The van der Waals surface area contributed by atoms with Gasteiger partial charge in [0.15, 0.2) is 0 Å². The van der Waals surface area contributed by atoms with E-state index in [0.29, 0.717) is 17.8 Å². The lowest BCUT2D eigenvalue weighted by atomic mass is 10.2. The molecule has 4 heteroatoms. The van der Waals surface area contributed by atoms with Crippen LogP contribution in [0.5, 0.6) is 5.75 Å². The van der Waals surface area contributed by atoms with E-state index in [1.807, 2.05) is 0 Å². The summed E-state index contributed by atoms with van der Waals surface area (Å²) in [6.45, 7) is 0.301. The first kappa shape index (κ1) is 11.4. The molecule has 2 nitrogen and oxygen atoms in total. The molecule has 0 radical (unpaired) electrons. The van der Waals surface area contributed by atoms with Crippen molar-refractivity contribution in [1.29, 1.82) is 0 Å². The maximum atomic E-state index is 12.9. The summed E-state index contributed by atoms with van der Waals surface area (Å²) in [6, 6.07) is 9.99. The third-order valence-electron chi connectivity index (χ3n) is 2.34. The number of hydrogen-bond donors (Lipinski definition) is 2. The van der Waals surface area contributed by atoms with Gasteiger partial charge in [0.05, 0.1) is 0 Å². The second-order valence-electron chi connectivity index (χ2n) is 3.64. The number of benzene rings is 2. The fourth-order valence-electron chi connectivity index (χ4n) is 1.51. The Hall–Kier alpha value is -2.10. The van der Waals surface area contributed by atoms with Gasteiger partial charge < -0.3 is 10.4 Å². The van der Waals surface area contributed by atoms with Gasteiger partial charge in [-0.1, -0.05) is 18.2 Å². The predicted octanol–water partition coefficient (Wildman–Crippen LogP) is 3.28. The predicted molar refractivity (Wildman–Crippen MR) is 61.8 cm³/mol. The summed E-state index contributed by atoms with van der Waals surface area (Å²) in [5, 5.41) is 12.4. The van der Waals surface area contributed by atoms with Crippen molar-refractivity contribution in [2.45, 2.75) is 6.54 Å². The molecule has 0 aliphatic rings. The lowest BCUT2D eigenvalue weighted by molar-refractivity contribution is 0.469. The van der Waals surface area contributed by atoms with Crippen LogP contribution in [-0.4, -0.2) is 5.11 Å². The molecule has 0 aliphatic carbocycles. The minimum Gasteiger partial charge on any atom is -0.508 e. The second kappa shape index (κ2) is 4.82. The van der Waals surface area contributed by atoms with E-state index < -0.39 is 11.6 Å². The van der Waals surface area contributed by atoms with Crippen LogP contribution >= 0.6 is 0 Å². The van der Waals surface area contributed by atoms with Crippen molar-refractivity contribution >= 4 is 5.69 Å². The van der Waals surface area contributed by atoms with Crippen LogP contribution in [0, 0.1) is 11.6 Å². The van der Waals surface area contributed by atoms with Gasteiger partial charge in [-0.2, -0.15) is 0 Å². The van der Waals surface area contributed by atoms with Crippen molar-refractivity contribution in [2.75, 3.05) is 5.32 Å². The van der Waals surface area contributed by atoms with Crippen LogP contribution in [0.15, 0.2) is 42.5 Å². The molecule has 0 aromatic heterocycles. The minimum atomic E-state index is -0.634. The van der Waals surface area contributed by atoms with Crippen molar-refractivity contribution in [1.82, 2.24) is 0 Å². The molecule has 0 heterocycles. The molecule has 0 spiro atoms. The number of phenolic OH excluding ortho intramolecular Hbond substituents is 1. The van der Waals surface area contributed by atoms with Gasteiger partial charge in [0.25, 0.3) is 0 Å². The third kappa shape index (κ3) is 2.93. The van der Waals surface area contributed by atoms with Gasteiger partial charge in [-0.3, -0.25) is 0 Å². The Bertz CT molecular complexity index is 508. The maximum absolute atomic E-state index is 12.9. The Morgan fingerprint density at radius 2 is 1.65 bits per heavy atom. The molecule has 17 heavy (non-hydrogen) atoms. The average Bonchev–Trinajstić information content (AvgIpc) is 2.27. The van der Waals surface area contributed by atoms with Crippen molar-refractivity contribution in [2.24, 2.45) is 0 Å². The molecule has 2 aromatic rings. The zero-order chi connectivity index (χ0) is 12.3. The minimum absolute atomic E-state index is 0.150. The van der Waals surface area contributed by atoms with E-state index in [4.69, 9.17) is 0 Å². The topological polar surface area (TPSA) is 32.3 Å². The summed E-state index contributed by atoms with van der Waals surface area (Å²) < 4.78 is 25.8. The molecule has 2 N–H and O–H groups in total. The highest BCUT2D eigenvalue weighted by molar-refractivity contribution is 5.45. The quantitative estimate of drug-likeness (QED) is 0.855. The van der Waals surface area contributed by atoms with Crippen LogP contribution in [0.1, 0.15) is 5.56 Å². The zero-order valence-electron chi connectivity index (χ0n) is 8.95. The molecule has 0 saturated carbocycles. The molecule has 0 fully saturated rings. The fraction of sp³-hybridized carbons (Fsp3) is 0.0769. The van der Waals surface area contributed by atoms with Gasteiger partial charge in [0.2, 0.25) is 0 Å². The van der Waals surface area contributed by atoms with E-state index in [-0.39, 0.29) is 5.75 Å². The van der Waals surface area contributed by atoms with Gasteiger partial charge in [0.1, 0.15) is 17.4 Å². The van der Waals surface area contributed by atoms with Crippen LogP contribution in [-0.2, 0) is 6.54 Å². The summed E-state index contributed by atoms with van der Waals surface area (Å²) in [5.41, 5.74) is 1.00. The van der Waals surface area contributed by atoms with E-state index in [0.717, 1.165) is 6.07 Å². The van der Waals surface area contributed by atoms with Crippen molar-refractivity contribution in [3.63, 3.8) is 0 Å². The van der Waals surface area contributed by atoms with Crippen molar-refractivity contribution in [3.8, 4) is 5.75 Å². The fourth-order valence-corrected chi connectivity index (χ4v) is 1.51. The molecule has 88 valence electrons. The molecule has 0 unspecified atom stereocenters. The molecule has 0 aliphatic heterocycles. The number of para-hydroxylation sites is 1. The summed E-state index contributed by atoms with van der Waals surface area (Å²) in [4.78, 5) is 0. The number of aromatic hydroxyl groups is 1. The number of hydrogen-bond acceptors (Lipinski definition) is 2. The Balaban J connectivity index is 2.10. The maximum Gasteiger partial charge on any atom is 0.128 e. The third-order valence-corrected chi connectivity index (χ3v) is 2.34. The van der Waals surface area contributed by atoms with Gasteiger partial charge in [-0.05, 0) is 18.2 Å². The second-order valence-corrected chi connectivity index (χ2v) is 3.64. The van der Waals surface area contributed by atoms with Crippen molar-refractivity contribution < 1.29 is 13.9 Å². The van der Waals surface area contributed by atoms with Gasteiger partial charge in [-0.25, -0.2) is 8.78 Å². The first-order valence-electron chi connectivity index (χ1n) is 5.12. The Kier molecular flexibility index (Phi) is 3.23. The summed E-state index contributed by atoms with van der Waals surface area (Å²) in [6.07, 6.45) is 0. The van der Waals surface area contributed by atoms with E-state index in [2.05, 4.69) is 5.32 Å². The highest BCUT2D eigenvalue weighted by Crippen LogP contribution is 2.18. The van der Waals surface area contributed by atoms with Crippen LogP contribution in [0.3, 0.4) is 0 Å². The monoisotopic (exact) mass is 235 g/mol. The van der Waals surface area contributed by atoms with Gasteiger partial charge >= 0.3 is 0 Å². The number of rotatable bonds is 3. The van der Waals surface area contributed by atoms with E-state index in [1.54, 1.807) is 24.3 Å². The molecule has 0 amide bonds. The number of nitrogens with one attached hydrogen (secondary N) is 1. The van der Waals surface area contributed by atoms with Crippen LogP contribution in [0.2, 0.25) is 0 Å². The Morgan fingerprint density at radius 3 is 2.29 bits per heavy atom.